The van der Waals surface area contributed by atoms with Crippen LogP contribution in [0.25, 0.3) is 0 Å². The zero-order chi connectivity index (χ0) is 30.4. The lowest BCUT2D eigenvalue weighted by Crippen LogP contribution is -2.63. The highest BCUT2D eigenvalue weighted by Gasteiger charge is 2.86. The summed E-state index contributed by atoms with van der Waals surface area (Å²) in [5, 5.41) is -7.12. The second-order valence-corrected chi connectivity index (χ2v) is 14.6. The van der Waals surface area contributed by atoms with Gasteiger partial charge in [-0.3, -0.25) is 0 Å². The smallest absolute Gasteiger partial charge is 0.224 e. The van der Waals surface area contributed by atoms with E-state index in [1.165, 1.54) is 36.4 Å². The largest absolute Gasteiger partial charge is 0.460 e. The highest BCUT2D eigenvalue weighted by molar-refractivity contribution is 8.33. The van der Waals surface area contributed by atoms with Crippen LogP contribution < -0.4 is 0 Å². The predicted molar refractivity (Wildman–Crippen MR) is 126 cm³/mol. The zero-order valence-electron chi connectivity index (χ0n) is 19.8. The Morgan fingerprint density at radius 2 is 0.875 bits per heavy atom. The number of hydrogen-bond acceptors (Lipinski definition) is 5. The van der Waals surface area contributed by atoms with Crippen molar-refractivity contribution in [3.8, 4) is 0 Å². The van der Waals surface area contributed by atoms with Crippen molar-refractivity contribution in [3.05, 3.63) is 84.9 Å². The standard InChI is InChI=1S/C23H17F9O5S3/c1-38(33,34)16-12-14-19(15-13-16)39(17-8-4-2-5-9-17,18-10-6-3-7-11-18)37-40(35,36)23(31,32)21(26,27)20(24,25)22(28,29)30/h2-15H,1H3. The Morgan fingerprint density at radius 1 is 0.525 bits per heavy atom. The fourth-order valence-corrected chi connectivity index (χ4v) is 9.17. The second kappa shape index (κ2) is 10.3. The Kier molecular flexibility index (Phi) is 8.14. The van der Waals surface area contributed by atoms with Gasteiger partial charge in [0.05, 0.1) is 4.90 Å². The van der Waals surface area contributed by atoms with Crippen molar-refractivity contribution < 1.29 is 60.0 Å². The van der Waals surface area contributed by atoms with E-state index in [0.717, 1.165) is 54.8 Å². The van der Waals surface area contributed by atoms with Gasteiger partial charge in [0.2, 0.25) is 0 Å². The van der Waals surface area contributed by atoms with E-state index < -0.39 is 58.4 Å². The van der Waals surface area contributed by atoms with Gasteiger partial charge in [0.1, 0.15) is 0 Å². The van der Waals surface area contributed by atoms with Crippen LogP contribution in [0, 0.1) is 0 Å². The molecule has 3 rings (SSSR count). The van der Waals surface area contributed by atoms with Crippen LogP contribution in [-0.4, -0.2) is 46.4 Å². The summed E-state index contributed by atoms with van der Waals surface area (Å²) in [6.07, 6.45) is -6.46. The third-order valence-electron chi connectivity index (χ3n) is 5.36. The molecule has 3 aromatic rings. The summed E-state index contributed by atoms with van der Waals surface area (Å²) < 4.78 is 177. The summed E-state index contributed by atoms with van der Waals surface area (Å²) in [4.78, 5) is -1.32. The quantitative estimate of drug-likeness (QED) is 0.234. The Hall–Kier alpha value is -2.76. The molecule has 5 nitrogen and oxygen atoms in total. The average molecular weight is 641 g/mol. The second-order valence-electron chi connectivity index (χ2n) is 8.11. The molecule has 17 heteroatoms. The maximum absolute atomic E-state index is 14.8. The third kappa shape index (κ3) is 5.19. The first-order valence-electron chi connectivity index (χ1n) is 10.5. The Bertz CT molecular complexity index is 1520. The molecule has 0 aliphatic heterocycles. The molecule has 0 atom stereocenters. The molecule has 0 N–H and O–H groups in total. The summed E-state index contributed by atoms with van der Waals surface area (Å²) in [7, 11) is -15.4. The van der Waals surface area contributed by atoms with Gasteiger partial charge >= 0.3 is 33.4 Å². The minimum Gasteiger partial charge on any atom is -0.224 e. The Labute approximate surface area is 224 Å². The van der Waals surface area contributed by atoms with Gasteiger partial charge in [-0.25, -0.2) is 12.0 Å². The number of sulfone groups is 1. The summed E-state index contributed by atoms with van der Waals surface area (Å²) in [5.74, 6) is -15.0. The molecule has 0 bridgehead atoms. The van der Waals surface area contributed by atoms with Crippen LogP contribution in [0.3, 0.4) is 0 Å². The molecule has 0 unspecified atom stereocenters. The number of halogens is 9. The number of benzene rings is 3. The van der Waals surface area contributed by atoms with Gasteiger partial charge in [-0.05, 0) is 58.8 Å². The molecule has 0 spiro atoms. The van der Waals surface area contributed by atoms with Crippen LogP contribution in [0.2, 0.25) is 0 Å². The van der Waals surface area contributed by atoms with Crippen molar-refractivity contribution in [2.45, 2.75) is 42.9 Å². The Balaban J connectivity index is 2.38. The molecule has 0 amide bonds. The first-order valence-corrected chi connectivity index (χ1v) is 15.4. The third-order valence-corrected chi connectivity index (χ3v) is 11.7. The molecule has 0 fully saturated rings. The molecule has 0 aliphatic rings. The molecule has 40 heavy (non-hydrogen) atoms. The van der Waals surface area contributed by atoms with Crippen LogP contribution in [0.5, 0.6) is 0 Å². The van der Waals surface area contributed by atoms with Gasteiger partial charge in [0.15, 0.2) is 9.84 Å². The van der Waals surface area contributed by atoms with E-state index in [4.69, 9.17) is 3.63 Å². The van der Waals surface area contributed by atoms with E-state index in [0.29, 0.717) is 0 Å². The average Bonchev–Trinajstić information content (AvgIpc) is 2.87. The van der Waals surface area contributed by atoms with E-state index in [-0.39, 0.29) is 14.7 Å². The fraction of sp³-hybridized carbons (Fsp3) is 0.217. The minimum atomic E-state index is -7.52. The summed E-state index contributed by atoms with van der Waals surface area (Å²) in [6.45, 7) is 0. The van der Waals surface area contributed by atoms with Crippen LogP contribution in [0.1, 0.15) is 0 Å². The zero-order valence-corrected chi connectivity index (χ0v) is 22.2. The lowest BCUT2D eigenvalue weighted by molar-refractivity contribution is -0.382. The van der Waals surface area contributed by atoms with Crippen LogP contribution in [0.15, 0.2) is 105 Å². The van der Waals surface area contributed by atoms with E-state index in [9.17, 15) is 56.3 Å². The first kappa shape index (κ1) is 31.8. The van der Waals surface area contributed by atoms with E-state index in [2.05, 4.69) is 0 Å². The van der Waals surface area contributed by atoms with Crippen LogP contribution in [-0.2, 0) is 23.6 Å². The van der Waals surface area contributed by atoms with Crippen molar-refractivity contribution in [2.24, 2.45) is 0 Å². The van der Waals surface area contributed by atoms with Crippen LogP contribution in [0.4, 0.5) is 39.5 Å². The molecular formula is C23H17F9O5S3. The molecule has 0 heterocycles. The lowest BCUT2D eigenvalue weighted by Gasteiger charge is -2.41. The van der Waals surface area contributed by atoms with Gasteiger partial charge in [0.25, 0.3) is 0 Å². The highest BCUT2D eigenvalue weighted by atomic mass is 32.3. The van der Waals surface area contributed by atoms with Gasteiger partial charge in [-0.1, -0.05) is 36.4 Å². The fourth-order valence-electron chi connectivity index (χ4n) is 3.32. The van der Waals surface area contributed by atoms with Crippen molar-refractivity contribution in [1.29, 1.82) is 0 Å². The van der Waals surface area contributed by atoms with Gasteiger partial charge in [-0.2, -0.15) is 47.9 Å². The van der Waals surface area contributed by atoms with Gasteiger partial charge < -0.3 is 0 Å². The Morgan fingerprint density at radius 3 is 1.23 bits per heavy atom. The van der Waals surface area contributed by atoms with Crippen molar-refractivity contribution >= 4 is 30.3 Å². The van der Waals surface area contributed by atoms with Crippen molar-refractivity contribution in [3.63, 3.8) is 0 Å². The maximum Gasteiger partial charge on any atom is 0.460 e. The monoisotopic (exact) mass is 640 g/mol. The molecule has 220 valence electrons. The molecular weight excluding hydrogens is 623 g/mol. The minimum absolute atomic E-state index is 0.293. The molecule has 0 aliphatic carbocycles. The van der Waals surface area contributed by atoms with Gasteiger partial charge in [-0.15, -0.1) is 0 Å². The summed E-state index contributed by atoms with van der Waals surface area (Å²) >= 11 is 0. The van der Waals surface area contributed by atoms with Crippen LogP contribution >= 0.6 is 10.3 Å². The summed E-state index contributed by atoms with van der Waals surface area (Å²) in [6, 6.07) is 15.9. The normalized spacial score (nSPS) is 14.7. The lowest BCUT2D eigenvalue weighted by atomic mass is 10.1. The van der Waals surface area contributed by atoms with E-state index >= 15 is 0 Å². The predicted octanol–water partition coefficient (Wildman–Crippen LogP) is 7.06. The topological polar surface area (TPSA) is 77.5 Å². The molecule has 3 aromatic carbocycles. The number of hydrogen-bond donors (Lipinski definition) is 0. The van der Waals surface area contributed by atoms with Gasteiger partial charge in [0, 0.05) is 20.9 Å². The molecule has 0 aromatic heterocycles. The molecule has 0 radical (unpaired) electrons. The number of alkyl halides is 9. The van der Waals surface area contributed by atoms with E-state index in [1.807, 2.05) is 0 Å². The SMILES string of the molecule is CS(=O)(=O)c1ccc(S(OS(=O)(=O)C(F)(F)C(F)(F)C(F)(F)C(F)(F)F)(c2ccccc2)c2ccccc2)cc1. The number of rotatable bonds is 9. The van der Waals surface area contributed by atoms with E-state index in [1.54, 1.807) is 0 Å². The maximum atomic E-state index is 14.8. The van der Waals surface area contributed by atoms with Crippen molar-refractivity contribution in [1.82, 2.24) is 0 Å². The first-order chi connectivity index (χ1) is 18.1. The highest BCUT2D eigenvalue weighted by Crippen LogP contribution is 2.71. The molecule has 0 saturated carbocycles. The summed E-state index contributed by atoms with van der Waals surface area (Å²) in [5.41, 5.74) is 0. The van der Waals surface area contributed by atoms with Crippen molar-refractivity contribution in [2.75, 3.05) is 6.26 Å². The molecule has 0 saturated heterocycles.